The standard InChI is InChI=1S/C24H35N9O5S.HI/c1-13-19-18(14(2)27-17(34)11-31-12-26-28-29-31)23(36)32(19)20(24(37)38)21(13)39-15-9-16(25-10-15)22(35)30-5-7-33(3,4)8-6-30;/h12-16,18-19,25H,5-11H2,1-4H3,(H-,27,34,37,38);1H/t13-,14-,15+,16+,18-,19-;/m1./s1. The van der Waals surface area contributed by atoms with Crippen LogP contribution in [0.15, 0.2) is 16.9 Å². The van der Waals surface area contributed by atoms with Gasteiger partial charge in [-0.15, -0.1) is 16.9 Å². The minimum Gasteiger partial charge on any atom is -1.00 e. The lowest BCUT2D eigenvalue weighted by molar-refractivity contribution is -0.894. The van der Waals surface area contributed by atoms with E-state index in [1.807, 2.05) is 11.8 Å². The normalized spacial score (nSPS) is 29.9. The molecule has 1 aromatic rings. The van der Waals surface area contributed by atoms with Gasteiger partial charge in [0.15, 0.2) is 0 Å². The first-order chi connectivity index (χ1) is 18.5. The SMILES string of the molecule is C[C@@H](NC(=O)Cn1cnnn1)[C@H]1C(=O)N2C(C(=O)O)=C(S[C@@H]3CN[C@H](C(=O)N4CC[N+](C)(C)CC4)C3)[C@H](C)[C@H]12.[I-]. The minimum atomic E-state index is -1.14. The number of carboxylic acids is 1. The van der Waals surface area contributed by atoms with Gasteiger partial charge in [-0.2, -0.15) is 0 Å². The molecule has 16 heteroatoms. The van der Waals surface area contributed by atoms with E-state index in [1.54, 1.807) is 6.92 Å². The topological polar surface area (TPSA) is 163 Å². The maximum Gasteiger partial charge on any atom is 0.353 e. The Balaban J connectivity index is 0.00000370. The summed E-state index contributed by atoms with van der Waals surface area (Å²) in [5.41, 5.74) is 0.0248. The predicted molar refractivity (Wildman–Crippen MR) is 140 cm³/mol. The van der Waals surface area contributed by atoms with Crippen LogP contribution in [0.4, 0.5) is 0 Å². The summed E-state index contributed by atoms with van der Waals surface area (Å²) < 4.78 is 2.19. The first-order valence-corrected chi connectivity index (χ1v) is 14.2. The molecule has 0 aromatic carbocycles. The molecule has 0 spiro atoms. The highest BCUT2D eigenvalue weighted by atomic mass is 127. The molecule has 5 rings (SSSR count). The first kappa shape index (κ1) is 30.6. The molecule has 3 saturated heterocycles. The van der Waals surface area contributed by atoms with Crippen LogP contribution in [-0.2, 0) is 25.7 Å². The largest absolute Gasteiger partial charge is 1.00 e. The first-order valence-electron chi connectivity index (χ1n) is 13.3. The molecule has 3 amide bonds. The molecule has 40 heavy (non-hydrogen) atoms. The lowest BCUT2D eigenvalue weighted by Crippen LogP contribution is -3.00. The molecule has 0 saturated carbocycles. The number of carboxylic acid groups (broad SMARTS) is 1. The summed E-state index contributed by atoms with van der Waals surface area (Å²) >= 11 is 1.46. The number of piperazine rings is 1. The monoisotopic (exact) mass is 689 g/mol. The van der Waals surface area contributed by atoms with Gasteiger partial charge in [-0.1, -0.05) is 6.92 Å². The van der Waals surface area contributed by atoms with Crippen molar-refractivity contribution in [3.05, 3.63) is 16.9 Å². The Morgan fingerprint density at radius 2 is 1.98 bits per heavy atom. The molecule has 5 heterocycles. The van der Waals surface area contributed by atoms with Crippen LogP contribution < -0.4 is 34.6 Å². The third-order valence-electron chi connectivity index (χ3n) is 8.36. The summed E-state index contributed by atoms with van der Waals surface area (Å²) in [5, 5.41) is 26.9. The Hall–Kier alpha value is -2.31. The number of aliphatic carboxylic acids is 1. The third kappa shape index (κ3) is 5.85. The smallest absolute Gasteiger partial charge is 0.353 e. The van der Waals surface area contributed by atoms with E-state index < -0.39 is 17.9 Å². The number of β-lactam (4-membered cyclic amide) rings is 1. The number of halogens is 1. The maximum atomic E-state index is 13.2. The van der Waals surface area contributed by atoms with Crippen LogP contribution in [-0.4, -0.2) is 133 Å². The molecule has 0 radical (unpaired) electrons. The van der Waals surface area contributed by atoms with Crippen LogP contribution in [0, 0.1) is 11.8 Å². The minimum absolute atomic E-state index is 0. The van der Waals surface area contributed by atoms with E-state index in [0.717, 1.165) is 30.7 Å². The number of amides is 3. The van der Waals surface area contributed by atoms with Gasteiger partial charge in [0.25, 0.3) is 0 Å². The van der Waals surface area contributed by atoms with E-state index in [1.165, 1.54) is 27.7 Å². The Labute approximate surface area is 253 Å². The summed E-state index contributed by atoms with van der Waals surface area (Å²) in [5.74, 6) is -2.42. The molecule has 14 nitrogen and oxygen atoms in total. The second-order valence-corrected chi connectivity index (χ2v) is 12.9. The number of likely N-dealkylation sites (N-methyl/N-ethyl adjacent to an activating group) is 1. The van der Waals surface area contributed by atoms with E-state index in [0.29, 0.717) is 17.9 Å². The molecule has 1 aromatic heterocycles. The lowest BCUT2D eigenvalue weighted by Gasteiger charge is -2.47. The van der Waals surface area contributed by atoms with Crippen LogP contribution in [0.1, 0.15) is 20.3 Å². The Morgan fingerprint density at radius 1 is 1.27 bits per heavy atom. The zero-order valence-electron chi connectivity index (χ0n) is 23.0. The van der Waals surface area contributed by atoms with Gasteiger partial charge in [0.2, 0.25) is 17.7 Å². The third-order valence-corrected chi connectivity index (χ3v) is 9.87. The van der Waals surface area contributed by atoms with Crippen LogP contribution in [0.2, 0.25) is 0 Å². The molecule has 0 unspecified atom stereocenters. The van der Waals surface area contributed by atoms with E-state index in [-0.39, 0.29) is 77.2 Å². The van der Waals surface area contributed by atoms with Crippen molar-refractivity contribution in [2.45, 2.75) is 50.2 Å². The highest BCUT2D eigenvalue weighted by Gasteiger charge is 2.60. The molecule has 4 aliphatic rings. The van der Waals surface area contributed by atoms with E-state index in [2.05, 4.69) is 40.3 Å². The molecule has 3 N–H and O–H groups in total. The fourth-order valence-corrected chi connectivity index (χ4v) is 7.57. The fraction of sp³-hybridized carbons (Fsp3) is 0.708. The number of rotatable bonds is 8. The number of hydrogen-bond donors (Lipinski definition) is 3. The van der Waals surface area contributed by atoms with Crippen LogP contribution in [0.3, 0.4) is 0 Å². The van der Waals surface area contributed by atoms with E-state index in [9.17, 15) is 24.3 Å². The molecular formula is C24H36IN9O5S. The van der Waals surface area contributed by atoms with Crippen molar-refractivity contribution in [1.29, 1.82) is 0 Å². The zero-order chi connectivity index (χ0) is 28.1. The fourth-order valence-electron chi connectivity index (χ4n) is 6.09. The van der Waals surface area contributed by atoms with Crippen molar-refractivity contribution >= 4 is 35.5 Å². The van der Waals surface area contributed by atoms with Crippen molar-refractivity contribution in [3.63, 3.8) is 0 Å². The van der Waals surface area contributed by atoms with Gasteiger partial charge in [-0.05, 0) is 23.8 Å². The Morgan fingerprint density at radius 3 is 2.60 bits per heavy atom. The zero-order valence-corrected chi connectivity index (χ0v) is 26.0. The van der Waals surface area contributed by atoms with Crippen molar-refractivity contribution < 1.29 is 52.7 Å². The number of nitrogens with zero attached hydrogens (tertiary/aromatic N) is 7. The summed E-state index contributed by atoms with van der Waals surface area (Å²) in [6.07, 6.45) is 1.93. The van der Waals surface area contributed by atoms with Gasteiger partial charge in [-0.3, -0.25) is 14.4 Å². The van der Waals surface area contributed by atoms with Crippen molar-refractivity contribution in [2.75, 3.05) is 46.8 Å². The number of carbonyl (C=O) groups excluding carboxylic acids is 3. The highest BCUT2D eigenvalue weighted by molar-refractivity contribution is 8.03. The average molecular weight is 690 g/mol. The number of aromatic nitrogens is 4. The molecule has 4 aliphatic heterocycles. The van der Waals surface area contributed by atoms with Gasteiger partial charge in [0.05, 0.1) is 58.3 Å². The number of nitrogens with one attached hydrogen (secondary N) is 2. The van der Waals surface area contributed by atoms with Crippen molar-refractivity contribution in [3.8, 4) is 0 Å². The molecule has 0 bridgehead atoms. The Kier molecular flexibility index (Phi) is 9.11. The number of tetrazole rings is 1. The average Bonchev–Trinajstić information content (AvgIpc) is 3.59. The second-order valence-electron chi connectivity index (χ2n) is 11.5. The summed E-state index contributed by atoms with van der Waals surface area (Å²) in [6.45, 7) is 7.51. The second kappa shape index (κ2) is 11.9. The van der Waals surface area contributed by atoms with Gasteiger partial charge < -0.3 is 54.0 Å². The van der Waals surface area contributed by atoms with Gasteiger partial charge >= 0.3 is 5.97 Å². The van der Waals surface area contributed by atoms with Crippen LogP contribution in [0.5, 0.6) is 0 Å². The number of carbonyl (C=O) groups is 4. The molecule has 220 valence electrons. The molecule has 0 aliphatic carbocycles. The van der Waals surface area contributed by atoms with E-state index >= 15 is 0 Å². The number of quaternary nitrogens is 1. The summed E-state index contributed by atoms with van der Waals surface area (Å²) in [6, 6.07) is -1.13. The highest BCUT2D eigenvalue weighted by Crippen LogP contribution is 2.51. The van der Waals surface area contributed by atoms with Crippen molar-refractivity contribution in [2.24, 2.45) is 11.8 Å². The van der Waals surface area contributed by atoms with Crippen molar-refractivity contribution in [1.82, 2.24) is 40.6 Å². The summed E-state index contributed by atoms with van der Waals surface area (Å²) in [7, 11) is 4.34. The van der Waals surface area contributed by atoms with Crippen LogP contribution in [0.25, 0.3) is 0 Å². The lowest BCUT2D eigenvalue weighted by atomic mass is 9.78. The summed E-state index contributed by atoms with van der Waals surface area (Å²) in [4.78, 5) is 55.0. The number of thioether (sulfide) groups is 1. The molecule has 6 atom stereocenters. The molecular weight excluding hydrogens is 653 g/mol. The van der Waals surface area contributed by atoms with Gasteiger partial charge in [0, 0.05) is 28.7 Å². The van der Waals surface area contributed by atoms with Gasteiger partial charge in [0.1, 0.15) is 18.6 Å². The quantitative estimate of drug-likeness (QED) is 0.138. The number of fused-ring (bicyclic) bond motifs is 1. The predicted octanol–water partition coefficient (Wildman–Crippen LogP) is -4.66. The maximum absolute atomic E-state index is 13.2. The van der Waals surface area contributed by atoms with Gasteiger partial charge in [-0.25, -0.2) is 9.48 Å². The Bertz CT molecular complexity index is 1190. The van der Waals surface area contributed by atoms with E-state index in [4.69, 9.17) is 0 Å². The van der Waals surface area contributed by atoms with Crippen LogP contribution >= 0.6 is 11.8 Å². The molecule has 3 fully saturated rings. The number of hydrogen-bond acceptors (Lipinski definition) is 9.